The predicted octanol–water partition coefficient (Wildman–Crippen LogP) is 6.18. The lowest BCUT2D eigenvalue weighted by molar-refractivity contribution is -0.385. The Balaban J connectivity index is 1.24. The van der Waals surface area contributed by atoms with Gasteiger partial charge in [-0.2, -0.15) is 5.10 Å². The number of hydrogen-bond acceptors (Lipinski definition) is 11. The number of aryl methyl sites for hydroxylation is 2. The Bertz CT molecular complexity index is 1980. The minimum atomic E-state index is -0.945. The Labute approximate surface area is 280 Å². The molecule has 14 nitrogen and oxygen atoms in total. The second-order valence-corrected chi connectivity index (χ2v) is 10.5. The molecule has 0 atom stereocenters. The topological polar surface area (TPSA) is 166 Å². The standard InChI is InChI=1S/C35H32N4O10/c1-21-9-10-22(2)38(21)25-11-13-26(14-12-25)47-20-27-15-16-29(48-27)34(40)37-36-19-23-7-6-8-28(39(42)43)32(23)49-35(41)24-17-30(44-3)33(46-5)31(18-24)45-4/h6-19H,20H2,1-5H3,(H,37,40)/b36-19+. The van der Waals surface area contributed by atoms with Crippen LogP contribution in [0.2, 0.25) is 0 Å². The van der Waals surface area contributed by atoms with E-state index in [2.05, 4.69) is 27.2 Å². The van der Waals surface area contributed by atoms with Crippen LogP contribution in [-0.2, 0) is 6.61 Å². The number of carbonyl (C=O) groups is 2. The predicted molar refractivity (Wildman–Crippen MR) is 177 cm³/mol. The maximum absolute atomic E-state index is 13.1. The first-order chi connectivity index (χ1) is 23.6. The molecule has 0 aliphatic carbocycles. The number of nitro groups is 1. The van der Waals surface area contributed by atoms with Crippen LogP contribution < -0.4 is 29.1 Å². The summed E-state index contributed by atoms with van der Waals surface area (Å²) >= 11 is 0. The lowest BCUT2D eigenvalue weighted by Crippen LogP contribution is -2.17. The average Bonchev–Trinajstić information content (AvgIpc) is 3.72. The summed E-state index contributed by atoms with van der Waals surface area (Å²) in [6.45, 7) is 4.15. The Hall–Kier alpha value is -6.57. The molecule has 1 amide bonds. The number of esters is 1. The normalized spacial score (nSPS) is 10.9. The van der Waals surface area contributed by atoms with Crippen molar-refractivity contribution in [1.82, 2.24) is 9.99 Å². The number of rotatable bonds is 13. The Kier molecular flexibility index (Phi) is 10.3. The van der Waals surface area contributed by atoms with Crippen LogP contribution in [0.1, 0.15) is 43.6 Å². The summed E-state index contributed by atoms with van der Waals surface area (Å²) in [5, 5.41) is 15.7. The zero-order valence-electron chi connectivity index (χ0n) is 27.2. The maximum Gasteiger partial charge on any atom is 0.344 e. The van der Waals surface area contributed by atoms with Crippen molar-refractivity contribution in [3.63, 3.8) is 0 Å². The molecule has 0 aliphatic heterocycles. The summed E-state index contributed by atoms with van der Waals surface area (Å²) in [4.78, 5) is 37.0. The molecule has 49 heavy (non-hydrogen) atoms. The van der Waals surface area contributed by atoms with E-state index in [0.717, 1.165) is 23.3 Å². The fraction of sp³-hybridized carbons (Fsp3) is 0.171. The van der Waals surface area contributed by atoms with Crippen molar-refractivity contribution >= 4 is 23.8 Å². The monoisotopic (exact) mass is 668 g/mol. The van der Waals surface area contributed by atoms with Gasteiger partial charge in [-0.05, 0) is 80.6 Å². The molecule has 1 N–H and O–H groups in total. The summed E-state index contributed by atoms with van der Waals surface area (Å²) in [7, 11) is 4.16. The van der Waals surface area contributed by atoms with Crippen molar-refractivity contribution in [2.75, 3.05) is 21.3 Å². The van der Waals surface area contributed by atoms with Crippen molar-refractivity contribution in [3.05, 3.63) is 123 Å². The molecule has 0 saturated carbocycles. The van der Waals surface area contributed by atoms with Crippen LogP contribution in [0.15, 0.2) is 88.4 Å². The highest BCUT2D eigenvalue weighted by Gasteiger charge is 2.24. The molecule has 252 valence electrons. The average molecular weight is 669 g/mol. The van der Waals surface area contributed by atoms with E-state index < -0.39 is 28.2 Å². The van der Waals surface area contributed by atoms with Crippen LogP contribution in [0, 0.1) is 24.0 Å². The van der Waals surface area contributed by atoms with Crippen molar-refractivity contribution in [3.8, 4) is 34.4 Å². The fourth-order valence-electron chi connectivity index (χ4n) is 4.96. The van der Waals surface area contributed by atoms with Crippen molar-refractivity contribution in [1.29, 1.82) is 0 Å². The maximum atomic E-state index is 13.1. The molecule has 0 unspecified atom stereocenters. The molecular weight excluding hydrogens is 636 g/mol. The molecule has 0 fully saturated rings. The molecule has 0 spiro atoms. The largest absolute Gasteiger partial charge is 0.493 e. The number of nitrogens with one attached hydrogen (secondary N) is 1. The minimum absolute atomic E-state index is 0.0273. The SMILES string of the molecule is COc1cc(C(=O)Oc2c(/C=N/NC(=O)c3ccc(COc4ccc(-n5c(C)ccc5C)cc4)o3)cccc2[N+](=O)[O-])cc(OC)c1OC. The molecule has 5 rings (SSSR count). The zero-order valence-corrected chi connectivity index (χ0v) is 27.2. The molecule has 3 aromatic carbocycles. The molecule has 14 heteroatoms. The molecule has 0 saturated heterocycles. The van der Waals surface area contributed by atoms with E-state index in [1.165, 1.54) is 57.7 Å². The van der Waals surface area contributed by atoms with Crippen LogP contribution in [-0.4, -0.2) is 48.9 Å². The number of para-hydroxylation sites is 1. The van der Waals surface area contributed by atoms with Gasteiger partial charge >= 0.3 is 17.6 Å². The van der Waals surface area contributed by atoms with Gasteiger partial charge in [0.05, 0.1) is 38.0 Å². The van der Waals surface area contributed by atoms with E-state index in [1.54, 1.807) is 6.07 Å². The highest BCUT2D eigenvalue weighted by molar-refractivity contribution is 5.96. The molecule has 0 radical (unpaired) electrons. The Morgan fingerprint density at radius 1 is 0.898 bits per heavy atom. The van der Waals surface area contributed by atoms with E-state index in [1.807, 2.05) is 38.1 Å². The number of nitro benzene ring substituents is 1. The second kappa shape index (κ2) is 14.9. The number of furan rings is 1. The van der Waals surface area contributed by atoms with Crippen LogP contribution in [0.5, 0.6) is 28.7 Å². The molecule has 0 bridgehead atoms. The summed E-state index contributed by atoms with van der Waals surface area (Å²) < 4.78 is 34.9. The lowest BCUT2D eigenvalue weighted by atomic mass is 10.1. The van der Waals surface area contributed by atoms with Crippen LogP contribution >= 0.6 is 0 Å². The Morgan fingerprint density at radius 3 is 2.18 bits per heavy atom. The molecule has 5 aromatic rings. The number of hydrogen-bond donors (Lipinski definition) is 1. The highest BCUT2D eigenvalue weighted by Crippen LogP contribution is 2.39. The van der Waals surface area contributed by atoms with Gasteiger partial charge in [-0.15, -0.1) is 0 Å². The van der Waals surface area contributed by atoms with Gasteiger partial charge in [0.1, 0.15) is 18.1 Å². The van der Waals surface area contributed by atoms with Gasteiger partial charge in [0, 0.05) is 28.7 Å². The number of nitrogens with zero attached hydrogens (tertiary/aromatic N) is 3. The number of ether oxygens (including phenoxy) is 5. The number of carbonyl (C=O) groups excluding carboxylic acids is 2. The van der Waals surface area contributed by atoms with Gasteiger partial charge in [-0.3, -0.25) is 14.9 Å². The zero-order chi connectivity index (χ0) is 35.1. The molecule has 0 aliphatic rings. The summed E-state index contributed by atoms with van der Waals surface area (Å²) in [6, 6.07) is 21.4. The van der Waals surface area contributed by atoms with Gasteiger partial charge in [0.25, 0.3) is 0 Å². The number of aromatic nitrogens is 1. The van der Waals surface area contributed by atoms with E-state index in [0.29, 0.717) is 11.5 Å². The van der Waals surface area contributed by atoms with Gasteiger partial charge in [0.15, 0.2) is 17.3 Å². The smallest absolute Gasteiger partial charge is 0.344 e. The summed E-state index contributed by atoms with van der Waals surface area (Å²) in [5.41, 5.74) is 5.07. The molecule has 2 heterocycles. The molecular formula is C35H32N4O10. The third-order valence-electron chi connectivity index (χ3n) is 7.32. The van der Waals surface area contributed by atoms with Gasteiger partial charge in [-0.25, -0.2) is 10.2 Å². The second-order valence-electron chi connectivity index (χ2n) is 10.5. The first-order valence-corrected chi connectivity index (χ1v) is 14.7. The van der Waals surface area contributed by atoms with Crippen LogP contribution in [0.3, 0.4) is 0 Å². The van der Waals surface area contributed by atoms with E-state index in [9.17, 15) is 19.7 Å². The van der Waals surface area contributed by atoms with Crippen LogP contribution in [0.25, 0.3) is 5.69 Å². The third-order valence-corrected chi connectivity index (χ3v) is 7.32. The van der Waals surface area contributed by atoms with Crippen LogP contribution in [0.4, 0.5) is 5.69 Å². The third kappa shape index (κ3) is 7.54. The van der Waals surface area contributed by atoms with Gasteiger partial charge in [0.2, 0.25) is 11.5 Å². The van der Waals surface area contributed by atoms with Crippen molar-refractivity contribution < 1.29 is 42.6 Å². The van der Waals surface area contributed by atoms with E-state index >= 15 is 0 Å². The lowest BCUT2D eigenvalue weighted by Gasteiger charge is -2.14. The van der Waals surface area contributed by atoms with E-state index in [4.69, 9.17) is 28.1 Å². The van der Waals surface area contributed by atoms with Gasteiger partial charge < -0.3 is 32.7 Å². The Morgan fingerprint density at radius 2 is 1.57 bits per heavy atom. The first kappa shape index (κ1) is 33.8. The van der Waals surface area contributed by atoms with E-state index in [-0.39, 0.29) is 40.7 Å². The van der Waals surface area contributed by atoms with Crippen molar-refractivity contribution in [2.24, 2.45) is 5.10 Å². The summed E-state index contributed by atoms with van der Waals surface area (Å²) in [6.07, 6.45) is 1.11. The number of benzene rings is 3. The van der Waals surface area contributed by atoms with Crippen molar-refractivity contribution in [2.45, 2.75) is 20.5 Å². The first-order valence-electron chi connectivity index (χ1n) is 14.7. The molecule has 2 aromatic heterocycles. The summed E-state index contributed by atoms with van der Waals surface area (Å²) in [5.74, 6) is -0.444. The fourth-order valence-corrected chi connectivity index (χ4v) is 4.96. The number of amides is 1. The minimum Gasteiger partial charge on any atom is -0.493 e. The number of hydrazone groups is 1. The highest BCUT2D eigenvalue weighted by atomic mass is 16.6. The number of methoxy groups -OCH3 is 3. The van der Waals surface area contributed by atoms with Gasteiger partial charge in [-0.1, -0.05) is 6.07 Å². The quantitative estimate of drug-likeness (QED) is 0.0503.